The number of carbonyl (C=O) groups excluding carboxylic acids is 1. The van der Waals surface area contributed by atoms with Crippen LogP contribution in [0.15, 0.2) is 53.7 Å². The summed E-state index contributed by atoms with van der Waals surface area (Å²) in [5, 5.41) is 9.25. The molecule has 30 heavy (non-hydrogen) atoms. The first-order valence-corrected chi connectivity index (χ1v) is 10.9. The summed E-state index contributed by atoms with van der Waals surface area (Å²) in [6, 6.07) is 14.3. The van der Waals surface area contributed by atoms with Crippen molar-refractivity contribution in [1.82, 2.24) is 14.8 Å². The molecular formula is C23H27FN4OS. The monoisotopic (exact) mass is 426 g/mol. The topological polar surface area (TPSA) is 51.0 Å². The van der Waals surface area contributed by atoms with Gasteiger partial charge >= 0.3 is 0 Å². The van der Waals surface area contributed by atoms with Gasteiger partial charge in [0.2, 0.25) is 5.91 Å². The minimum absolute atomic E-state index is 0.0619. The normalized spacial score (nSPS) is 11.5. The Morgan fingerprint density at radius 1 is 1.07 bits per heavy atom. The minimum Gasteiger partial charge on any atom is -0.312 e. The van der Waals surface area contributed by atoms with Gasteiger partial charge < -0.3 is 9.47 Å². The van der Waals surface area contributed by atoms with Crippen molar-refractivity contribution in [2.24, 2.45) is 7.05 Å². The van der Waals surface area contributed by atoms with E-state index in [2.05, 4.69) is 55.2 Å². The zero-order valence-electron chi connectivity index (χ0n) is 18.0. The van der Waals surface area contributed by atoms with Gasteiger partial charge in [0.25, 0.3) is 0 Å². The second kappa shape index (κ2) is 9.00. The number of thioether (sulfide) groups is 1. The van der Waals surface area contributed by atoms with Gasteiger partial charge in [0.1, 0.15) is 5.82 Å². The average Bonchev–Trinajstić information content (AvgIpc) is 3.08. The van der Waals surface area contributed by atoms with Gasteiger partial charge in [-0.05, 0) is 42.2 Å². The second-order valence-electron chi connectivity index (χ2n) is 8.10. The SMILES string of the molecule is CCN(C(=O)CSc1nnc(-c2ccc(C(C)(C)C)cc2)n1C)c1ccc(F)cc1. The van der Waals surface area contributed by atoms with Crippen LogP contribution < -0.4 is 4.90 Å². The smallest absolute Gasteiger partial charge is 0.237 e. The molecule has 1 amide bonds. The van der Waals surface area contributed by atoms with Crippen LogP contribution >= 0.6 is 11.8 Å². The van der Waals surface area contributed by atoms with E-state index in [4.69, 9.17) is 0 Å². The molecule has 0 saturated heterocycles. The van der Waals surface area contributed by atoms with Crippen molar-refractivity contribution in [1.29, 1.82) is 0 Å². The Kier molecular flexibility index (Phi) is 6.61. The lowest BCUT2D eigenvalue weighted by atomic mass is 9.87. The Labute approximate surface area is 181 Å². The minimum atomic E-state index is -0.321. The number of benzene rings is 2. The number of carbonyl (C=O) groups is 1. The summed E-state index contributed by atoms with van der Waals surface area (Å²) in [5.41, 5.74) is 3.02. The largest absolute Gasteiger partial charge is 0.312 e. The number of halogens is 1. The van der Waals surface area contributed by atoms with E-state index >= 15 is 0 Å². The predicted octanol–water partition coefficient (Wildman–Crippen LogP) is 5.06. The molecule has 0 N–H and O–H groups in total. The quantitative estimate of drug-likeness (QED) is 0.517. The van der Waals surface area contributed by atoms with Crippen molar-refractivity contribution in [3.8, 4) is 11.4 Å². The summed E-state index contributed by atoms with van der Waals surface area (Å²) >= 11 is 1.34. The molecule has 0 saturated carbocycles. The Morgan fingerprint density at radius 3 is 2.27 bits per heavy atom. The first kappa shape index (κ1) is 22.0. The first-order valence-electron chi connectivity index (χ1n) is 9.89. The highest BCUT2D eigenvalue weighted by Crippen LogP contribution is 2.27. The molecule has 1 heterocycles. The van der Waals surface area contributed by atoms with Gasteiger partial charge in [-0.25, -0.2) is 4.39 Å². The van der Waals surface area contributed by atoms with Crippen LogP contribution in [0.4, 0.5) is 10.1 Å². The van der Waals surface area contributed by atoms with Gasteiger partial charge in [0, 0.05) is 24.8 Å². The van der Waals surface area contributed by atoms with E-state index in [0.29, 0.717) is 17.4 Å². The highest BCUT2D eigenvalue weighted by Gasteiger charge is 2.18. The molecule has 0 unspecified atom stereocenters. The molecule has 3 rings (SSSR count). The first-order chi connectivity index (χ1) is 14.2. The molecule has 0 aliphatic carbocycles. The van der Waals surface area contributed by atoms with Crippen molar-refractivity contribution in [2.45, 2.75) is 38.3 Å². The summed E-state index contributed by atoms with van der Waals surface area (Å²) in [5.74, 6) is 0.600. The molecule has 0 atom stereocenters. The van der Waals surface area contributed by atoms with Crippen LogP contribution in [-0.4, -0.2) is 33.0 Å². The molecule has 0 fully saturated rings. The Hall–Kier alpha value is -2.67. The Bertz CT molecular complexity index is 1010. The van der Waals surface area contributed by atoms with Crippen LogP contribution in [0.3, 0.4) is 0 Å². The molecular weight excluding hydrogens is 399 g/mol. The summed E-state index contributed by atoms with van der Waals surface area (Å²) < 4.78 is 15.1. The lowest BCUT2D eigenvalue weighted by Gasteiger charge is -2.20. The van der Waals surface area contributed by atoms with Gasteiger partial charge in [-0.2, -0.15) is 0 Å². The summed E-state index contributed by atoms with van der Waals surface area (Å²) in [6.07, 6.45) is 0. The van der Waals surface area contributed by atoms with Gasteiger partial charge in [0.15, 0.2) is 11.0 Å². The van der Waals surface area contributed by atoms with Crippen LogP contribution in [0, 0.1) is 5.82 Å². The molecule has 0 radical (unpaired) electrons. The lowest BCUT2D eigenvalue weighted by molar-refractivity contribution is -0.116. The number of nitrogens with zero attached hydrogens (tertiary/aromatic N) is 4. The van der Waals surface area contributed by atoms with Gasteiger partial charge in [-0.15, -0.1) is 10.2 Å². The van der Waals surface area contributed by atoms with Crippen LogP contribution in [0.25, 0.3) is 11.4 Å². The average molecular weight is 427 g/mol. The van der Waals surface area contributed by atoms with Crippen LogP contribution in [0.1, 0.15) is 33.3 Å². The molecule has 0 aliphatic heterocycles. The predicted molar refractivity (Wildman–Crippen MR) is 120 cm³/mol. The standard InChI is InChI=1S/C23H27FN4OS/c1-6-28(19-13-11-18(24)12-14-19)20(29)15-30-22-26-25-21(27(22)5)16-7-9-17(10-8-16)23(2,3)4/h7-14H,6,15H2,1-5H3. The van der Waals surface area contributed by atoms with E-state index in [9.17, 15) is 9.18 Å². The van der Waals surface area contributed by atoms with Gasteiger partial charge in [-0.1, -0.05) is 56.8 Å². The van der Waals surface area contributed by atoms with Gasteiger partial charge in [0.05, 0.1) is 5.75 Å². The van der Waals surface area contributed by atoms with Crippen molar-refractivity contribution in [2.75, 3.05) is 17.2 Å². The van der Waals surface area contributed by atoms with Crippen molar-refractivity contribution in [3.05, 3.63) is 59.9 Å². The Morgan fingerprint density at radius 2 is 1.70 bits per heavy atom. The third-order valence-electron chi connectivity index (χ3n) is 4.92. The van der Waals surface area contributed by atoms with E-state index in [-0.39, 0.29) is 22.9 Å². The molecule has 0 spiro atoms. The molecule has 2 aromatic carbocycles. The van der Waals surface area contributed by atoms with E-state index in [0.717, 1.165) is 11.4 Å². The molecule has 5 nitrogen and oxygen atoms in total. The maximum atomic E-state index is 13.2. The summed E-state index contributed by atoms with van der Waals surface area (Å²) in [6.45, 7) is 8.95. The second-order valence-corrected chi connectivity index (χ2v) is 9.04. The maximum Gasteiger partial charge on any atom is 0.237 e. The van der Waals surface area contributed by atoms with E-state index in [1.54, 1.807) is 17.0 Å². The highest BCUT2D eigenvalue weighted by molar-refractivity contribution is 7.99. The van der Waals surface area contributed by atoms with Crippen LogP contribution in [-0.2, 0) is 17.3 Å². The summed E-state index contributed by atoms with van der Waals surface area (Å²) in [7, 11) is 1.90. The molecule has 7 heteroatoms. The zero-order chi connectivity index (χ0) is 21.9. The van der Waals surface area contributed by atoms with Crippen molar-refractivity contribution in [3.63, 3.8) is 0 Å². The number of amides is 1. The van der Waals surface area contributed by atoms with E-state index in [1.165, 1.54) is 29.5 Å². The molecule has 0 aliphatic rings. The maximum absolute atomic E-state index is 13.2. The molecule has 0 bridgehead atoms. The van der Waals surface area contributed by atoms with Crippen LogP contribution in [0.5, 0.6) is 0 Å². The summed E-state index contributed by atoms with van der Waals surface area (Å²) in [4.78, 5) is 14.3. The molecule has 158 valence electrons. The fraction of sp³-hybridized carbons (Fsp3) is 0.348. The number of hydrogen-bond acceptors (Lipinski definition) is 4. The molecule has 3 aromatic rings. The lowest BCUT2D eigenvalue weighted by Crippen LogP contribution is -2.32. The van der Waals surface area contributed by atoms with Crippen molar-refractivity contribution < 1.29 is 9.18 Å². The third-order valence-corrected chi connectivity index (χ3v) is 5.93. The molecule has 1 aromatic heterocycles. The highest BCUT2D eigenvalue weighted by atomic mass is 32.2. The van der Waals surface area contributed by atoms with E-state index in [1.807, 2.05) is 18.5 Å². The van der Waals surface area contributed by atoms with Crippen LogP contribution in [0.2, 0.25) is 0 Å². The number of anilines is 1. The Balaban J connectivity index is 1.70. The van der Waals surface area contributed by atoms with Crippen molar-refractivity contribution >= 4 is 23.4 Å². The third kappa shape index (κ3) is 4.90. The zero-order valence-corrected chi connectivity index (χ0v) is 18.8. The number of hydrogen-bond donors (Lipinski definition) is 0. The number of aromatic nitrogens is 3. The fourth-order valence-electron chi connectivity index (χ4n) is 3.14. The fourth-order valence-corrected chi connectivity index (χ4v) is 3.93. The van der Waals surface area contributed by atoms with E-state index < -0.39 is 0 Å². The number of rotatable bonds is 6. The van der Waals surface area contributed by atoms with Gasteiger partial charge in [-0.3, -0.25) is 4.79 Å².